The van der Waals surface area contributed by atoms with Crippen molar-refractivity contribution in [2.45, 2.75) is 24.9 Å². The van der Waals surface area contributed by atoms with E-state index in [1.54, 1.807) is 18.6 Å². The van der Waals surface area contributed by atoms with Gasteiger partial charge < -0.3 is 14.8 Å². The number of aromatic amines is 1. The van der Waals surface area contributed by atoms with Gasteiger partial charge in [0.15, 0.2) is 0 Å². The number of carbonyl (C=O) groups is 1. The van der Waals surface area contributed by atoms with Crippen LogP contribution in [0.5, 0.6) is 0 Å². The van der Waals surface area contributed by atoms with Crippen molar-refractivity contribution in [1.82, 2.24) is 39.7 Å². The van der Waals surface area contributed by atoms with Crippen LogP contribution in [0.1, 0.15) is 18.3 Å². The standard InChI is InChI=1S/C17H22N8O/c1-23(2)14-10-24(11-15(14)25-8-7-19-22-25)17(26)4-3-16-20-12-5-6-18-9-13(12)21-16/h5-9,14-15H,3-4,10-11H2,1-2H3,(H,20,21)/t14-,15+/m1/s1. The topological polar surface area (TPSA) is 95.8 Å². The Kier molecular flexibility index (Phi) is 4.37. The summed E-state index contributed by atoms with van der Waals surface area (Å²) in [6.07, 6.45) is 8.01. The number of aromatic nitrogens is 6. The smallest absolute Gasteiger partial charge is 0.223 e. The molecule has 3 aromatic rings. The van der Waals surface area contributed by atoms with Crippen LogP contribution >= 0.6 is 0 Å². The van der Waals surface area contributed by atoms with Gasteiger partial charge in [-0.2, -0.15) is 0 Å². The van der Waals surface area contributed by atoms with E-state index in [2.05, 4.69) is 30.2 Å². The van der Waals surface area contributed by atoms with Crippen molar-refractivity contribution in [3.8, 4) is 0 Å². The Morgan fingerprint density at radius 1 is 1.35 bits per heavy atom. The quantitative estimate of drug-likeness (QED) is 0.717. The summed E-state index contributed by atoms with van der Waals surface area (Å²) in [5.74, 6) is 0.954. The van der Waals surface area contributed by atoms with Gasteiger partial charge in [0, 0.05) is 38.3 Å². The monoisotopic (exact) mass is 354 g/mol. The molecule has 0 saturated carbocycles. The minimum Gasteiger partial charge on any atom is -0.341 e. The van der Waals surface area contributed by atoms with Gasteiger partial charge in [-0.3, -0.25) is 9.78 Å². The Hall–Kier alpha value is -2.81. The largest absolute Gasteiger partial charge is 0.341 e. The Balaban J connectivity index is 1.41. The van der Waals surface area contributed by atoms with Crippen LogP contribution in [-0.2, 0) is 11.2 Å². The molecular weight excluding hydrogens is 332 g/mol. The third-order valence-corrected chi connectivity index (χ3v) is 4.96. The average Bonchev–Trinajstić information content (AvgIpc) is 3.37. The molecular formula is C17H22N8O. The minimum atomic E-state index is 0.119. The van der Waals surface area contributed by atoms with Gasteiger partial charge in [0.1, 0.15) is 5.82 Å². The number of hydrogen-bond acceptors (Lipinski definition) is 6. The molecule has 1 saturated heterocycles. The van der Waals surface area contributed by atoms with Crippen LogP contribution in [0.4, 0.5) is 0 Å². The molecule has 0 aromatic carbocycles. The maximum atomic E-state index is 12.7. The Bertz CT molecular complexity index is 854. The third kappa shape index (κ3) is 3.17. The summed E-state index contributed by atoms with van der Waals surface area (Å²) < 4.78 is 1.85. The van der Waals surface area contributed by atoms with Gasteiger partial charge in [0.05, 0.1) is 35.5 Å². The first-order chi connectivity index (χ1) is 12.6. The van der Waals surface area contributed by atoms with Gasteiger partial charge >= 0.3 is 0 Å². The number of fused-ring (bicyclic) bond motifs is 1. The van der Waals surface area contributed by atoms with Crippen LogP contribution in [0.3, 0.4) is 0 Å². The summed E-state index contributed by atoms with van der Waals surface area (Å²) >= 11 is 0. The highest BCUT2D eigenvalue weighted by atomic mass is 16.2. The number of likely N-dealkylation sites (tertiary alicyclic amines) is 1. The third-order valence-electron chi connectivity index (χ3n) is 4.96. The first-order valence-corrected chi connectivity index (χ1v) is 8.70. The van der Waals surface area contributed by atoms with Crippen molar-refractivity contribution in [2.75, 3.05) is 27.2 Å². The maximum Gasteiger partial charge on any atom is 0.223 e. The number of nitrogens with one attached hydrogen (secondary N) is 1. The van der Waals surface area contributed by atoms with Crippen LogP contribution in [0.15, 0.2) is 30.9 Å². The van der Waals surface area contributed by atoms with Crippen molar-refractivity contribution >= 4 is 16.9 Å². The second-order valence-corrected chi connectivity index (χ2v) is 6.86. The molecule has 26 heavy (non-hydrogen) atoms. The molecule has 1 amide bonds. The van der Waals surface area contributed by atoms with E-state index in [0.29, 0.717) is 25.9 Å². The van der Waals surface area contributed by atoms with E-state index < -0.39 is 0 Å². The van der Waals surface area contributed by atoms with Crippen LogP contribution in [0.25, 0.3) is 11.0 Å². The van der Waals surface area contributed by atoms with Crippen LogP contribution < -0.4 is 0 Å². The molecule has 9 nitrogen and oxygen atoms in total. The highest BCUT2D eigenvalue weighted by molar-refractivity contribution is 5.77. The fourth-order valence-corrected chi connectivity index (χ4v) is 3.55. The van der Waals surface area contributed by atoms with Gasteiger partial charge in [0.25, 0.3) is 0 Å². The average molecular weight is 354 g/mol. The molecule has 0 spiro atoms. The normalized spacial score (nSPS) is 20.3. The summed E-state index contributed by atoms with van der Waals surface area (Å²) in [6.45, 7) is 1.34. The summed E-state index contributed by atoms with van der Waals surface area (Å²) in [4.78, 5) is 28.6. The maximum absolute atomic E-state index is 12.7. The summed E-state index contributed by atoms with van der Waals surface area (Å²) in [6, 6.07) is 2.20. The summed E-state index contributed by atoms with van der Waals surface area (Å²) in [5.41, 5.74) is 1.78. The van der Waals surface area contributed by atoms with E-state index in [1.807, 2.05) is 35.9 Å². The minimum absolute atomic E-state index is 0.119. The van der Waals surface area contributed by atoms with Gasteiger partial charge in [-0.25, -0.2) is 9.67 Å². The Labute approximate surface area is 151 Å². The Morgan fingerprint density at radius 3 is 2.96 bits per heavy atom. The molecule has 2 atom stereocenters. The second kappa shape index (κ2) is 6.83. The van der Waals surface area contributed by atoms with Gasteiger partial charge in [-0.05, 0) is 20.2 Å². The molecule has 1 aliphatic rings. The van der Waals surface area contributed by atoms with E-state index in [0.717, 1.165) is 16.9 Å². The zero-order valence-electron chi connectivity index (χ0n) is 14.9. The molecule has 4 rings (SSSR count). The fraction of sp³-hybridized carbons (Fsp3) is 0.471. The molecule has 136 valence electrons. The molecule has 9 heteroatoms. The SMILES string of the molecule is CN(C)[C@@H]1CN(C(=O)CCc2nc3ccncc3[nH]2)C[C@@H]1n1ccnn1. The van der Waals surface area contributed by atoms with Crippen molar-refractivity contribution in [3.05, 3.63) is 36.7 Å². The lowest BCUT2D eigenvalue weighted by Crippen LogP contribution is -2.37. The summed E-state index contributed by atoms with van der Waals surface area (Å²) in [5, 5.41) is 8.02. The molecule has 4 heterocycles. The van der Waals surface area contributed by atoms with E-state index in [9.17, 15) is 4.79 Å². The lowest BCUT2D eigenvalue weighted by molar-refractivity contribution is -0.130. The number of imidazole rings is 1. The molecule has 3 aromatic heterocycles. The Morgan fingerprint density at radius 2 is 2.23 bits per heavy atom. The van der Waals surface area contributed by atoms with Crippen molar-refractivity contribution in [3.63, 3.8) is 0 Å². The number of nitrogens with zero attached hydrogens (tertiary/aromatic N) is 7. The second-order valence-electron chi connectivity index (χ2n) is 6.86. The van der Waals surface area contributed by atoms with Gasteiger partial charge in [0.2, 0.25) is 5.91 Å². The van der Waals surface area contributed by atoms with Crippen molar-refractivity contribution < 1.29 is 4.79 Å². The van der Waals surface area contributed by atoms with Crippen molar-refractivity contribution in [2.24, 2.45) is 0 Å². The molecule has 1 aliphatic heterocycles. The molecule has 0 aliphatic carbocycles. The van der Waals surface area contributed by atoms with Gasteiger partial charge in [-0.15, -0.1) is 5.10 Å². The number of aryl methyl sites for hydroxylation is 1. The van der Waals surface area contributed by atoms with Crippen molar-refractivity contribution in [1.29, 1.82) is 0 Å². The van der Waals surface area contributed by atoms with E-state index in [4.69, 9.17) is 0 Å². The lowest BCUT2D eigenvalue weighted by Gasteiger charge is -2.24. The van der Waals surface area contributed by atoms with E-state index >= 15 is 0 Å². The van der Waals surface area contributed by atoms with E-state index in [1.165, 1.54) is 0 Å². The number of rotatable bonds is 5. The fourth-order valence-electron chi connectivity index (χ4n) is 3.55. The highest BCUT2D eigenvalue weighted by Crippen LogP contribution is 2.25. The van der Waals surface area contributed by atoms with Crippen LogP contribution in [-0.4, -0.2) is 78.9 Å². The predicted octanol–water partition coefficient (Wildman–Crippen LogP) is 0.496. The molecule has 1 N–H and O–H groups in total. The number of carbonyl (C=O) groups excluding carboxylic acids is 1. The molecule has 0 radical (unpaired) electrons. The lowest BCUT2D eigenvalue weighted by atomic mass is 10.1. The zero-order chi connectivity index (χ0) is 18.1. The highest BCUT2D eigenvalue weighted by Gasteiger charge is 2.37. The molecule has 1 fully saturated rings. The number of amides is 1. The zero-order valence-corrected chi connectivity index (χ0v) is 14.9. The molecule has 0 bridgehead atoms. The van der Waals surface area contributed by atoms with E-state index in [-0.39, 0.29) is 18.0 Å². The first kappa shape index (κ1) is 16.6. The molecule has 0 unspecified atom stereocenters. The van der Waals surface area contributed by atoms with Gasteiger partial charge in [-0.1, -0.05) is 5.21 Å². The predicted molar refractivity (Wildman–Crippen MR) is 95.3 cm³/mol. The number of pyridine rings is 1. The van der Waals surface area contributed by atoms with Crippen LogP contribution in [0.2, 0.25) is 0 Å². The number of H-pyrrole nitrogens is 1. The summed E-state index contributed by atoms with van der Waals surface area (Å²) in [7, 11) is 4.07. The van der Waals surface area contributed by atoms with Crippen LogP contribution in [0, 0.1) is 0 Å². The number of likely N-dealkylation sites (N-methyl/N-ethyl adjacent to an activating group) is 1. The first-order valence-electron chi connectivity index (χ1n) is 8.70. The number of hydrogen-bond donors (Lipinski definition) is 1.